The summed E-state index contributed by atoms with van der Waals surface area (Å²) < 4.78 is 38.4. The lowest BCUT2D eigenvalue weighted by atomic mass is 10.2. The van der Waals surface area contributed by atoms with Crippen LogP contribution >= 0.6 is 11.3 Å². The molecule has 0 aliphatic heterocycles. The molecule has 19 heavy (non-hydrogen) atoms. The van der Waals surface area contributed by atoms with E-state index in [4.69, 9.17) is 0 Å². The van der Waals surface area contributed by atoms with E-state index < -0.39 is 11.9 Å². The molecule has 0 radical (unpaired) electrons. The Morgan fingerprint density at radius 2 is 2.00 bits per heavy atom. The Hall–Kier alpha value is -1.63. The van der Waals surface area contributed by atoms with Gasteiger partial charge in [-0.25, -0.2) is 9.97 Å². The molecule has 0 saturated carbocycles. The van der Waals surface area contributed by atoms with Crippen LogP contribution in [-0.2, 0) is 6.18 Å². The number of aryl methyl sites for hydroxylation is 1. The third kappa shape index (κ3) is 3.23. The van der Waals surface area contributed by atoms with Crippen LogP contribution in [0.1, 0.15) is 17.5 Å². The largest absolute Gasteiger partial charge is 0.433 e. The van der Waals surface area contributed by atoms with Gasteiger partial charge in [-0.2, -0.15) is 13.2 Å². The second-order valence-corrected chi connectivity index (χ2v) is 5.05. The summed E-state index contributed by atoms with van der Waals surface area (Å²) in [5, 5.41) is 4.50. The van der Waals surface area contributed by atoms with Gasteiger partial charge in [-0.3, -0.25) is 0 Å². The molecule has 0 spiro atoms. The highest BCUT2D eigenvalue weighted by molar-refractivity contribution is 7.10. The topological polar surface area (TPSA) is 37.8 Å². The lowest BCUT2D eigenvalue weighted by Crippen LogP contribution is -2.12. The minimum atomic E-state index is -4.48. The van der Waals surface area contributed by atoms with Gasteiger partial charge >= 0.3 is 6.18 Å². The molecule has 2 aromatic heterocycles. The van der Waals surface area contributed by atoms with Crippen LogP contribution in [-0.4, -0.2) is 16.5 Å². The van der Waals surface area contributed by atoms with Crippen LogP contribution in [0.5, 0.6) is 0 Å². The molecule has 2 rings (SSSR count). The first-order valence-corrected chi connectivity index (χ1v) is 6.53. The Balaban J connectivity index is 2.51. The van der Waals surface area contributed by atoms with Gasteiger partial charge in [0.2, 0.25) is 5.95 Å². The number of aromatic nitrogens is 2. The smallest absolute Gasteiger partial charge is 0.354 e. The van der Waals surface area contributed by atoms with E-state index in [1.807, 2.05) is 13.0 Å². The molecule has 1 N–H and O–H groups in total. The first kappa shape index (κ1) is 13.8. The van der Waals surface area contributed by atoms with E-state index in [9.17, 15) is 13.2 Å². The maximum atomic E-state index is 12.8. The third-order valence-corrected chi connectivity index (χ3v) is 3.24. The van der Waals surface area contributed by atoms with E-state index in [0.29, 0.717) is 12.1 Å². The molecule has 0 unspecified atom stereocenters. The fourth-order valence-electron chi connectivity index (χ4n) is 1.56. The van der Waals surface area contributed by atoms with Gasteiger partial charge in [0.05, 0.1) is 5.69 Å². The van der Waals surface area contributed by atoms with Crippen molar-refractivity contribution in [3.8, 4) is 11.3 Å². The van der Waals surface area contributed by atoms with Crippen molar-refractivity contribution in [1.82, 2.24) is 9.97 Å². The van der Waals surface area contributed by atoms with Gasteiger partial charge < -0.3 is 5.32 Å². The summed E-state index contributed by atoms with van der Waals surface area (Å²) in [6.07, 6.45) is -4.48. The van der Waals surface area contributed by atoms with Gasteiger partial charge in [-0.15, -0.1) is 11.3 Å². The molecule has 0 aliphatic carbocycles. The second-order valence-electron chi connectivity index (χ2n) is 3.94. The highest BCUT2D eigenvalue weighted by atomic mass is 32.1. The lowest BCUT2D eigenvalue weighted by Gasteiger charge is -2.10. The van der Waals surface area contributed by atoms with Crippen molar-refractivity contribution in [1.29, 1.82) is 0 Å². The Morgan fingerprint density at radius 3 is 2.53 bits per heavy atom. The summed E-state index contributed by atoms with van der Waals surface area (Å²) >= 11 is 1.47. The number of hydrogen-bond acceptors (Lipinski definition) is 4. The molecule has 0 aliphatic rings. The van der Waals surface area contributed by atoms with Crippen LogP contribution in [0, 0.1) is 6.92 Å². The molecule has 102 valence electrons. The molecule has 7 heteroatoms. The zero-order valence-corrected chi connectivity index (χ0v) is 11.2. The molecule has 0 aromatic carbocycles. The molecule has 0 fully saturated rings. The fourth-order valence-corrected chi connectivity index (χ4v) is 2.25. The zero-order valence-electron chi connectivity index (χ0n) is 10.4. The number of alkyl halides is 3. The molecule has 0 atom stereocenters. The van der Waals surface area contributed by atoms with E-state index in [2.05, 4.69) is 15.3 Å². The molecule has 0 saturated heterocycles. The molecule has 0 amide bonds. The lowest BCUT2D eigenvalue weighted by molar-refractivity contribution is -0.141. The summed E-state index contributed by atoms with van der Waals surface area (Å²) in [5.41, 5.74) is 0.0227. The summed E-state index contributed by atoms with van der Waals surface area (Å²) in [6, 6.07) is 2.78. The van der Waals surface area contributed by atoms with Gasteiger partial charge in [0.1, 0.15) is 0 Å². The minimum Gasteiger partial charge on any atom is -0.354 e. The molecule has 2 heterocycles. The number of halogens is 3. The maximum absolute atomic E-state index is 12.8. The highest BCUT2D eigenvalue weighted by Gasteiger charge is 2.33. The van der Waals surface area contributed by atoms with Crippen LogP contribution < -0.4 is 5.32 Å². The predicted octanol–water partition coefficient (Wildman–Crippen LogP) is 3.96. The monoisotopic (exact) mass is 287 g/mol. The van der Waals surface area contributed by atoms with Crippen LogP contribution in [0.15, 0.2) is 17.5 Å². The van der Waals surface area contributed by atoms with E-state index in [1.165, 1.54) is 11.3 Å². The SMILES string of the molecule is CCNc1nc(-c2csc(C)c2)cc(C(F)(F)F)n1. The quantitative estimate of drug-likeness (QED) is 0.928. The second kappa shape index (κ2) is 5.16. The number of anilines is 1. The van der Waals surface area contributed by atoms with E-state index in [0.717, 1.165) is 10.9 Å². The third-order valence-electron chi connectivity index (χ3n) is 2.38. The summed E-state index contributed by atoms with van der Waals surface area (Å²) in [7, 11) is 0. The predicted molar refractivity (Wildman–Crippen MR) is 69.2 cm³/mol. The van der Waals surface area contributed by atoms with Crippen LogP contribution in [0.25, 0.3) is 11.3 Å². The average Bonchev–Trinajstić information content (AvgIpc) is 2.75. The summed E-state index contributed by atoms with van der Waals surface area (Å²) in [6.45, 7) is 4.13. The zero-order chi connectivity index (χ0) is 14.0. The van der Waals surface area contributed by atoms with Crippen molar-refractivity contribution in [3.05, 3.63) is 28.1 Å². The Labute approximate surface area is 112 Å². The Kier molecular flexibility index (Phi) is 3.75. The van der Waals surface area contributed by atoms with Gasteiger partial charge in [0.15, 0.2) is 5.69 Å². The van der Waals surface area contributed by atoms with Crippen LogP contribution in [0.4, 0.5) is 19.1 Å². The summed E-state index contributed by atoms with van der Waals surface area (Å²) in [5.74, 6) is -0.00354. The van der Waals surface area contributed by atoms with Crippen LogP contribution in [0.3, 0.4) is 0 Å². The van der Waals surface area contributed by atoms with Crippen molar-refractivity contribution >= 4 is 17.3 Å². The molecule has 2 aromatic rings. The number of nitrogens with one attached hydrogen (secondary N) is 1. The number of rotatable bonds is 3. The van der Waals surface area contributed by atoms with Gasteiger partial charge in [0.25, 0.3) is 0 Å². The maximum Gasteiger partial charge on any atom is 0.433 e. The Morgan fingerprint density at radius 1 is 1.26 bits per heavy atom. The van der Waals surface area contributed by atoms with E-state index >= 15 is 0 Å². The van der Waals surface area contributed by atoms with E-state index in [-0.39, 0.29) is 11.6 Å². The van der Waals surface area contributed by atoms with Crippen molar-refractivity contribution in [3.63, 3.8) is 0 Å². The Bertz CT molecular complexity index is 578. The van der Waals surface area contributed by atoms with Crippen molar-refractivity contribution in [2.75, 3.05) is 11.9 Å². The van der Waals surface area contributed by atoms with E-state index in [1.54, 1.807) is 12.3 Å². The minimum absolute atomic E-state index is 0.00354. The summed E-state index contributed by atoms with van der Waals surface area (Å²) in [4.78, 5) is 8.61. The number of nitrogens with zero attached hydrogens (tertiary/aromatic N) is 2. The molecular formula is C12H12F3N3S. The van der Waals surface area contributed by atoms with Gasteiger partial charge in [-0.1, -0.05) is 0 Å². The van der Waals surface area contributed by atoms with Crippen molar-refractivity contribution in [2.24, 2.45) is 0 Å². The molecular weight excluding hydrogens is 275 g/mol. The first-order chi connectivity index (χ1) is 8.90. The molecule has 0 bridgehead atoms. The van der Waals surface area contributed by atoms with Crippen LogP contribution in [0.2, 0.25) is 0 Å². The van der Waals surface area contributed by atoms with Gasteiger partial charge in [-0.05, 0) is 26.0 Å². The average molecular weight is 287 g/mol. The number of thiophene rings is 1. The highest BCUT2D eigenvalue weighted by Crippen LogP contribution is 2.32. The normalized spacial score (nSPS) is 11.6. The molecule has 3 nitrogen and oxygen atoms in total. The van der Waals surface area contributed by atoms with Crippen molar-refractivity contribution < 1.29 is 13.2 Å². The first-order valence-electron chi connectivity index (χ1n) is 5.66. The number of hydrogen-bond donors (Lipinski definition) is 1. The fraction of sp³-hybridized carbons (Fsp3) is 0.333. The van der Waals surface area contributed by atoms with Crippen molar-refractivity contribution in [2.45, 2.75) is 20.0 Å². The standard InChI is InChI=1S/C12H12F3N3S/c1-3-16-11-17-9(8-4-7(2)19-6-8)5-10(18-11)12(13,14)15/h4-6H,3H2,1-2H3,(H,16,17,18). The van der Waals surface area contributed by atoms with Gasteiger partial charge in [0, 0.05) is 22.4 Å².